The molecule has 0 bridgehead atoms. The molecular formula is C11H20N2S. The third kappa shape index (κ3) is 4.36. The Bertz CT molecular complexity index is 182. The lowest BCUT2D eigenvalue weighted by Gasteiger charge is -2.16. The first-order valence-electron chi connectivity index (χ1n) is 5.38. The van der Waals surface area contributed by atoms with Crippen molar-refractivity contribution in [3.05, 3.63) is 0 Å². The van der Waals surface area contributed by atoms with Gasteiger partial charge >= 0.3 is 0 Å². The molecule has 1 aliphatic carbocycles. The van der Waals surface area contributed by atoms with Gasteiger partial charge in [-0.1, -0.05) is 12.8 Å². The number of nitrogens with two attached hydrogens (primary N) is 1. The van der Waals surface area contributed by atoms with Crippen molar-refractivity contribution in [2.45, 2.75) is 49.8 Å². The highest BCUT2D eigenvalue weighted by molar-refractivity contribution is 7.99. The fourth-order valence-corrected chi connectivity index (χ4v) is 3.21. The summed E-state index contributed by atoms with van der Waals surface area (Å²) in [6, 6.07) is 0.386. The van der Waals surface area contributed by atoms with Gasteiger partial charge in [0.2, 0.25) is 0 Å². The van der Waals surface area contributed by atoms with Gasteiger partial charge in [0.1, 0.15) is 0 Å². The van der Waals surface area contributed by atoms with Gasteiger partial charge in [-0.25, -0.2) is 0 Å². The highest BCUT2D eigenvalue weighted by Crippen LogP contribution is 2.29. The van der Waals surface area contributed by atoms with Gasteiger partial charge in [0, 0.05) is 23.5 Å². The summed E-state index contributed by atoms with van der Waals surface area (Å²) in [6.45, 7) is 0. The van der Waals surface area contributed by atoms with Crippen LogP contribution in [0.1, 0.15) is 38.5 Å². The summed E-state index contributed by atoms with van der Waals surface area (Å²) in [5.41, 5.74) is 2.84. The number of hydrogen-bond donors (Lipinski definition) is 2. The number of hydrazine groups is 1. The van der Waals surface area contributed by atoms with Crippen LogP contribution in [0.25, 0.3) is 0 Å². The molecule has 1 fully saturated rings. The van der Waals surface area contributed by atoms with Crippen LogP contribution < -0.4 is 11.3 Å². The van der Waals surface area contributed by atoms with Crippen molar-refractivity contribution >= 4 is 11.8 Å². The molecule has 1 unspecified atom stereocenters. The Morgan fingerprint density at radius 3 is 2.79 bits per heavy atom. The number of terminal acetylenes is 1. The minimum absolute atomic E-state index is 0.386. The Kier molecular flexibility index (Phi) is 6.09. The van der Waals surface area contributed by atoms with Crippen LogP contribution in [-0.2, 0) is 0 Å². The average molecular weight is 212 g/mol. The van der Waals surface area contributed by atoms with E-state index in [0.29, 0.717) is 6.04 Å². The highest BCUT2D eigenvalue weighted by Gasteiger charge is 2.16. The van der Waals surface area contributed by atoms with Gasteiger partial charge < -0.3 is 0 Å². The minimum Gasteiger partial charge on any atom is -0.271 e. The lowest BCUT2D eigenvalue weighted by atomic mass is 10.2. The zero-order valence-electron chi connectivity index (χ0n) is 8.67. The Morgan fingerprint density at radius 1 is 1.50 bits per heavy atom. The number of thioether (sulfide) groups is 1. The molecule has 0 radical (unpaired) electrons. The maximum Gasteiger partial charge on any atom is 0.0310 e. The SMILES string of the molecule is C#CCCC(CSC1CCCC1)NN. The molecule has 0 aliphatic heterocycles. The van der Waals surface area contributed by atoms with Gasteiger partial charge in [0.15, 0.2) is 0 Å². The smallest absolute Gasteiger partial charge is 0.0310 e. The van der Waals surface area contributed by atoms with Crippen LogP contribution in [-0.4, -0.2) is 17.0 Å². The molecule has 1 atom stereocenters. The van der Waals surface area contributed by atoms with Gasteiger partial charge in [-0.05, 0) is 19.3 Å². The summed E-state index contributed by atoms with van der Waals surface area (Å²) in [5.74, 6) is 9.22. The van der Waals surface area contributed by atoms with Gasteiger partial charge in [0.25, 0.3) is 0 Å². The van der Waals surface area contributed by atoms with E-state index in [-0.39, 0.29) is 0 Å². The fourth-order valence-electron chi connectivity index (χ4n) is 1.78. The summed E-state index contributed by atoms with van der Waals surface area (Å²) < 4.78 is 0. The number of rotatable bonds is 6. The molecule has 80 valence electrons. The fraction of sp³-hybridized carbons (Fsp3) is 0.818. The molecule has 0 saturated heterocycles. The zero-order chi connectivity index (χ0) is 10.2. The first-order chi connectivity index (χ1) is 6.86. The van der Waals surface area contributed by atoms with Crippen molar-refractivity contribution in [2.75, 3.05) is 5.75 Å². The Hall–Kier alpha value is -0.170. The number of hydrogen-bond acceptors (Lipinski definition) is 3. The first-order valence-corrected chi connectivity index (χ1v) is 6.43. The molecule has 3 heteroatoms. The second kappa shape index (κ2) is 7.17. The van der Waals surface area contributed by atoms with Crippen LogP contribution in [0, 0.1) is 12.3 Å². The van der Waals surface area contributed by atoms with Crippen molar-refractivity contribution in [3.8, 4) is 12.3 Å². The van der Waals surface area contributed by atoms with E-state index in [0.717, 1.165) is 23.8 Å². The van der Waals surface area contributed by atoms with E-state index in [4.69, 9.17) is 12.3 Å². The van der Waals surface area contributed by atoms with Crippen LogP contribution in [0.4, 0.5) is 0 Å². The van der Waals surface area contributed by atoms with Crippen LogP contribution in [0.5, 0.6) is 0 Å². The van der Waals surface area contributed by atoms with Crippen LogP contribution >= 0.6 is 11.8 Å². The molecule has 0 aromatic heterocycles. The normalized spacial score (nSPS) is 19.4. The Morgan fingerprint density at radius 2 is 2.21 bits per heavy atom. The Labute approximate surface area is 91.4 Å². The second-order valence-corrected chi connectivity index (χ2v) is 5.18. The van der Waals surface area contributed by atoms with E-state index in [2.05, 4.69) is 23.1 Å². The first kappa shape index (κ1) is 11.9. The van der Waals surface area contributed by atoms with E-state index >= 15 is 0 Å². The molecule has 14 heavy (non-hydrogen) atoms. The second-order valence-electron chi connectivity index (χ2n) is 3.85. The zero-order valence-corrected chi connectivity index (χ0v) is 9.48. The molecule has 1 rings (SSSR count). The van der Waals surface area contributed by atoms with Crippen molar-refractivity contribution in [2.24, 2.45) is 5.84 Å². The van der Waals surface area contributed by atoms with Crippen molar-refractivity contribution in [1.82, 2.24) is 5.43 Å². The van der Waals surface area contributed by atoms with Crippen molar-refractivity contribution in [3.63, 3.8) is 0 Å². The van der Waals surface area contributed by atoms with Gasteiger partial charge in [-0.2, -0.15) is 11.8 Å². The molecule has 0 heterocycles. The molecule has 1 saturated carbocycles. The monoisotopic (exact) mass is 212 g/mol. The predicted octanol–water partition coefficient (Wildman–Crippen LogP) is 1.91. The molecule has 0 spiro atoms. The molecule has 1 aliphatic rings. The van der Waals surface area contributed by atoms with Gasteiger partial charge in [-0.3, -0.25) is 11.3 Å². The van der Waals surface area contributed by atoms with E-state index in [1.165, 1.54) is 25.7 Å². The van der Waals surface area contributed by atoms with Gasteiger partial charge in [-0.15, -0.1) is 12.3 Å². The molecule has 0 amide bonds. The molecule has 0 aromatic rings. The van der Waals surface area contributed by atoms with Crippen LogP contribution in [0.15, 0.2) is 0 Å². The quantitative estimate of drug-likeness (QED) is 0.401. The summed E-state index contributed by atoms with van der Waals surface area (Å²) in [5, 5.41) is 0.872. The third-order valence-corrected chi connectivity index (χ3v) is 4.25. The van der Waals surface area contributed by atoms with Crippen LogP contribution in [0.3, 0.4) is 0 Å². The van der Waals surface area contributed by atoms with E-state index in [9.17, 15) is 0 Å². The molecule has 2 nitrogen and oxygen atoms in total. The lowest BCUT2D eigenvalue weighted by Crippen LogP contribution is -2.37. The van der Waals surface area contributed by atoms with Crippen molar-refractivity contribution in [1.29, 1.82) is 0 Å². The molecule has 0 aromatic carbocycles. The van der Waals surface area contributed by atoms with Gasteiger partial charge in [0.05, 0.1) is 0 Å². The van der Waals surface area contributed by atoms with E-state index in [1.807, 2.05) is 0 Å². The molecular weight excluding hydrogens is 192 g/mol. The third-order valence-electron chi connectivity index (χ3n) is 2.71. The minimum atomic E-state index is 0.386. The summed E-state index contributed by atoms with van der Waals surface area (Å²) >= 11 is 2.06. The molecule has 3 N–H and O–H groups in total. The average Bonchev–Trinajstić information content (AvgIpc) is 2.71. The topological polar surface area (TPSA) is 38.0 Å². The largest absolute Gasteiger partial charge is 0.271 e. The number of nitrogens with one attached hydrogen (secondary N) is 1. The van der Waals surface area contributed by atoms with E-state index < -0.39 is 0 Å². The predicted molar refractivity (Wildman–Crippen MR) is 63.9 cm³/mol. The summed E-state index contributed by atoms with van der Waals surface area (Å²) in [7, 11) is 0. The summed E-state index contributed by atoms with van der Waals surface area (Å²) in [6.07, 6.45) is 12.6. The summed E-state index contributed by atoms with van der Waals surface area (Å²) in [4.78, 5) is 0. The van der Waals surface area contributed by atoms with Crippen molar-refractivity contribution < 1.29 is 0 Å². The standard InChI is InChI=1S/C11H20N2S/c1-2-3-6-10(13-12)9-14-11-7-4-5-8-11/h1,10-11,13H,3-9,12H2. The van der Waals surface area contributed by atoms with E-state index in [1.54, 1.807) is 0 Å². The maximum atomic E-state index is 5.47. The highest BCUT2D eigenvalue weighted by atomic mass is 32.2. The maximum absolute atomic E-state index is 5.47. The van der Waals surface area contributed by atoms with Crippen LogP contribution in [0.2, 0.25) is 0 Å². The lowest BCUT2D eigenvalue weighted by molar-refractivity contribution is 0.546. The Balaban J connectivity index is 2.10.